The number of rotatable bonds is 7. The number of benzene rings is 2. The molecule has 0 saturated heterocycles. The minimum atomic E-state index is 0.477. The molecule has 0 saturated carbocycles. The summed E-state index contributed by atoms with van der Waals surface area (Å²) in [5, 5.41) is 3.16. The van der Waals surface area contributed by atoms with E-state index in [4.69, 9.17) is 0 Å². The zero-order chi connectivity index (χ0) is 15.1. The van der Waals surface area contributed by atoms with Gasteiger partial charge in [-0.05, 0) is 23.8 Å². The van der Waals surface area contributed by atoms with Crippen molar-refractivity contribution < 1.29 is 4.79 Å². The Morgan fingerprint density at radius 3 is 2.62 bits per heavy atom. The zero-order valence-corrected chi connectivity index (χ0v) is 13.2. The Balaban J connectivity index is 2.24. The summed E-state index contributed by atoms with van der Waals surface area (Å²) in [5.41, 5.74) is 3.47. The molecular weight excluding hydrogens is 280 g/mol. The molecule has 0 bridgehead atoms. The molecule has 1 N–H and O–H groups in total. The van der Waals surface area contributed by atoms with Crippen LogP contribution in [0.5, 0.6) is 0 Å². The summed E-state index contributed by atoms with van der Waals surface area (Å²) >= 11 is 1.57. The fourth-order valence-electron chi connectivity index (χ4n) is 2.16. The second kappa shape index (κ2) is 7.74. The van der Waals surface area contributed by atoms with E-state index < -0.39 is 0 Å². The van der Waals surface area contributed by atoms with Crippen LogP contribution in [0, 0.1) is 0 Å². The van der Waals surface area contributed by atoms with Gasteiger partial charge < -0.3 is 15.0 Å². The van der Waals surface area contributed by atoms with Crippen molar-refractivity contribution in [2.24, 2.45) is 0 Å². The van der Waals surface area contributed by atoms with Crippen molar-refractivity contribution in [1.82, 2.24) is 0 Å². The second-order valence-corrected chi connectivity index (χ2v) is 5.81. The molecule has 110 valence electrons. The second-order valence-electron chi connectivity index (χ2n) is 4.75. The molecule has 0 aliphatic rings. The van der Waals surface area contributed by atoms with E-state index in [-0.39, 0.29) is 0 Å². The van der Waals surface area contributed by atoms with Gasteiger partial charge in [-0.1, -0.05) is 30.3 Å². The van der Waals surface area contributed by atoms with E-state index in [0.29, 0.717) is 5.75 Å². The number of anilines is 2. The Hall–Kier alpha value is -1.94. The third-order valence-electron chi connectivity index (χ3n) is 3.23. The highest BCUT2D eigenvalue weighted by Crippen LogP contribution is 2.32. The van der Waals surface area contributed by atoms with Gasteiger partial charge in [0.15, 0.2) is 0 Å². The first-order valence-corrected chi connectivity index (χ1v) is 7.86. The van der Waals surface area contributed by atoms with Crippen LogP contribution < -0.4 is 10.2 Å². The summed E-state index contributed by atoms with van der Waals surface area (Å²) < 4.78 is 0. The summed E-state index contributed by atoms with van der Waals surface area (Å²) in [6.07, 6.45) is 0.942. The molecule has 0 unspecified atom stereocenters. The van der Waals surface area contributed by atoms with Crippen LogP contribution >= 0.6 is 11.8 Å². The minimum absolute atomic E-state index is 0.477. The van der Waals surface area contributed by atoms with Gasteiger partial charge in [0, 0.05) is 31.2 Å². The molecule has 0 atom stereocenters. The van der Waals surface area contributed by atoms with E-state index in [1.54, 1.807) is 11.8 Å². The highest BCUT2D eigenvalue weighted by molar-refractivity contribution is 8.00. The molecule has 2 aromatic rings. The molecule has 4 heteroatoms. The summed E-state index contributed by atoms with van der Waals surface area (Å²) in [6.45, 7) is 0.836. The van der Waals surface area contributed by atoms with Gasteiger partial charge in [0.1, 0.15) is 6.29 Å². The zero-order valence-electron chi connectivity index (χ0n) is 12.4. The van der Waals surface area contributed by atoms with Gasteiger partial charge in [-0.3, -0.25) is 0 Å². The molecule has 0 aromatic heterocycles. The quantitative estimate of drug-likeness (QED) is 0.625. The predicted molar refractivity (Wildman–Crippen MR) is 91.3 cm³/mol. The van der Waals surface area contributed by atoms with E-state index in [9.17, 15) is 4.79 Å². The van der Waals surface area contributed by atoms with E-state index in [2.05, 4.69) is 53.7 Å². The van der Waals surface area contributed by atoms with E-state index in [0.717, 1.165) is 29.1 Å². The standard InChI is InChI=1S/C17H20N2OS/c1-18-15-8-9-17(21-11-10-20)16(12-15)19(2)13-14-6-4-3-5-7-14/h3-10,12,18H,11,13H2,1-2H3. The maximum atomic E-state index is 10.6. The van der Waals surface area contributed by atoms with E-state index in [1.165, 1.54) is 5.56 Å². The average molecular weight is 300 g/mol. The van der Waals surface area contributed by atoms with Gasteiger partial charge in [0.2, 0.25) is 0 Å². The molecule has 2 aromatic carbocycles. The summed E-state index contributed by atoms with van der Waals surface area (Å²) in [6, 6.07) is 16.6. The largest absolute Gasteiger partial charge is 0.388 e. The first-order valence-electron chi connectivity index (χ1n) is 6.88. The SMILES string of the molecule is CNc1ccc(SCC=O)c(N(C)Cc2ccccc2)c1. The number of carbonyl (C=O) groups is 1. The average Bonchev–Trinajstić information content (AvgIpc) is 2.53. The third kappa shape index (κ3) is 4.26. The van der Waals surface area contributed by atoms with Crippen molar-refractivity contribution in [2.45, 2.75) is 11.4 Å². The Kier molecular flexibility index (Phi) is 5.69. The van der Waals surface area contributed by atoms with Crippen LogP contribution in [0.1, 0.15) is 5.56 Å². The van der Waals surface area contributed by atoms with Gasteiger partial charge in [0.05, 0.1) is 11.4 Å². The number of nitrogens with zero attached hydrogens (tertiary/aromatic N) is 1. The molecule has 21 heavy (non-hydrogen) atoms. The normalized spacial score (nSPS) is 10.2. The van der Waals surface area contributed by atoms with Crippen molar-refractivity contribution in [2.75, 3.05) is 30.1 Å². The lowest BCUT2D eigenvalue weighted by atomic mass is 10.2. The Bertz CT molecular complexity index is 587. The monoisotopic (exact) mass is 300 g/mol. The third-order valence-corrected chi connectivity index (χ3v) is 4.19. The van der Waals surface area contributed by atoms with Crippen LogP contribution in [0.3, 0.4) is 0 Å². The summed E-state index contributed by atoms with van der Waals surface area (Å²) in [5.74, 6) is 0.477. The topological polar surface area (TPSA) is 32.3 Å². The molecule has 0 fully saturated rings. The molecule has 2 rings (SSSR count). The first-order chi connectivity index (χ1) is 10.2. The fraction of sp³-hybridized carbons (Fsp3) is 0.235. The van der Waals surface area contributed by atoms with Crippen LogP contribution in [0.15, 0.2) is 53.4 Å². The van der Waals surface area contributed by atoms with Crippen molar-refractivity contribution in [3.63, 3.8) is 0 Å². The maximum Gasteiger partial charge on any atom is 0.130 e. The molecule has 0 spiro atoms. The highest BCUT2D eigenvalue weighted by atomic mass is 32.2. The highest BCUT2D eigenvalue weighted by Gasteiger charge is 2.09. The summed E-state index contributed by atoms with van der Waals surface area (Å²) in [7, 11) is 3.99. The van der Waals surface area contributed by atoms with Crippen LogP contribution in [-0.4, -0.2) is 26.1 Å². The van der Waals surface area contributed by atoms with Gasteiger partial charge in [-0.25, -0.2) is 0 Å². The van der Waals surface area contributed by atoms with Gasteiger partial charge in [0.25, 0.3) is 0 Å². The minimum Gasteiger partial charge on any atom is -0.388 e. The maximum absolute atomic E-state index is 10.6. The van der Waals surface area contributed by atoms with Crippen LogP contribution in [0.2, 0.25) is 0 Å². The summed E-state index contributed by atoms with van der Waals surface area (Å²) in [4.78, 5) is 14.0. The number of nitrogens with one attached hydrogen (secondary N) is 1. The smallest absolute Gasteiger partial charge is 0.130 e. The Morgan fingerprint density at radius 1 is 1.19 bits per heavy atom. The molecule has 3 nitrogen and oxygen atoms in total. The van der Waals surface area contributed by atoms with E-state index >= 15 is 0 Å². The van der Waals surface area contributed by atoms with Crippen molar-refractivity contribution in [3.8, 4) is 0 Å². The molecule has 0 aliphatic carbocycles. The fourth-order valence-corrected chi connectivity index (χ4v) is 2.93. The van der Waals surface area contributed by atoms with Crippen LogP contribution in [0.25, 0.3) is 0 Å². The molecular formula is C17H20N2OS. The first kappa shape index (κ1) is 15.4. The molecule has 0 heterocycles. The lowest BCUT2D eigenvalue weighted by Crippen LogP contribution is -2.17. The molecule has 0 radical (unpaired) electrons. The number of thioether (sulfide) groups is 1. The van der Waals surface area contributed by atoms with E-state index in [1.807, 2.05) is 19.2 Å². The van der Waals surface area contributed by atoms with Gasteiger partial charge >= 0.3 is 0 Å². The number of carbonyl (C=O) groups excluding carboxylic acids is 1. The van der Waals surface area contributed by atoms with Crippen LogP contribution in [-0.2, 0) is 11.3 Å². The van der Waals surface area contributed by atoms with Gasteiger partial charge in [-0.2, -0.15) is 0 Å². The number of hydrogen-bond donors (Lipinski definition) is 1. The predicted octanol–water partition coefficient (Wildman–Crippen LogP) is 3.66. The molecule has 0 aliphatic heterocycles. The van der Waals surface area contributed by atoms with Crippen molar-refractivity contribution >= 4 is 29.4 Å². The molecule has 0 amide bonds. The van der Waals surface area contributed by atoms with Crippen molar-refractivity contribution in [3.05, 3.63) is 54.1 Å². The van der Waals surface area contributed by atoms with Gasteiger partial charge in [-0.15, -0.1) is 11.8 Å². The Labute approximate surface area is 130 Å². The van der Waals surface area contributed by atoms with Crippen molar-refractivity contribution in [1.29, 1.82) is 0 Å². The van der Waals surface area contributed by atoms with Crippen LogP contribution in [0.4, 0.5) is 11.4 Å². The lowest BCUT2D eigenvalue weighted by molar-refractivity contribution is -0.105. The lowest BCUT2D eigenvalue weighted by Gasteiger charge is -2.23. The number of aldehydes is 1. The number of hydrogen-bond acceptors (Lipinski definition) is 4. The Morgan fingerprint density at radius 2 is 1.95 bits per heavy atom.